The van der Waals surface area contributed by atoms with Crippen LogP contribution in [0.5, 0.6) is 0 Å². The molecule has 0 aromatic heterocycles. The molecule has 32 nitrogen and oxygen atoms in total. The summed E-state index contributed by atoms with van der Waals surface area (Å²) in [5.74, 6) is -6.25. The molecule has 33 heteroatoms. The molecule has 0 radical (unpaired) electrons. The SMILES string of the molecule is CC(=O)N[C@H]1[C@H](OCCCCCC(=O)NCCNC(=O)CCCC[C@@H]2SC[C@@H]3NC(=O)N[C@@H]32)O[C@H](CO)[C@@H](O[C@@H]2O[C@H](CO)[C@H](O)[C@H](O[C@]3(C(=O)O)C[C@H](O)[C@@H](NC(C)=O)[C@H]([C@H](O)[C@H](O)CO)O3)[C@H]2O)[C@@H]1O[C@@H]1O[C@@H](C)[C@@H](O)[C@@H](O)[C@@H]1O. The van der Waals surface area contributed by atoms with Gasteiger partial charge in [0.05, 0.1) is 50.2 Å². The third-order valence-corrected chi connectivity index (χ3v) is 16.6. The van der Waals surface area contributed by atoms with Gasteiger partial charge < -0.3 is 131 Å². The Morgan fingerprint density at radius 1 is 0.720 bits per heavy atom. The first-order chi connectivity index (χ1) is 38.9. The molecule has 6 aliphatic heterocycles. The quantitative estimate of drug-likeness (QED) is 0.0244. The molecule has 0 saturated carbocycles. The largest absolute Gasteiger partial charge is 0.477 e. The van der Waals surface area contributed by atoms with E-state index in [1.54, 1.807) is 0 Å². The summed E-state index contributed by atoms with van der Waals surface area (Å²) in [6.45, 7) is 0.693. The molecule has 6 aliphatic rings. The number of aliphatic carboxylic acids is 1. The lowest BCUT2D eigenvalue weighted by molar-refractivity contribution is -0.391. The number of hydrogen-bond acceptors (Lipinski definition) is 26. The molecule has 0 unspecified atom stereocenters. The second-order valence-corrected chi connectivity index (χ2v) is 22.5. The number of thioether (sulfide) groups is 1. The standard InChI is InChI=1S/C49H82N6O26S/c1-20-34(65)37(68)38(69)45(75-20)79-42-33(53-22(3)60)44(74-14-8-4-5-10-29(63)50-12-13-51-30(64)11-7-6-9-28-31-23(19-82-28)54-48(73)55-31)77-27(18-58)40(42)78-46-39(70)43(36(67)26(17-57)76-46)81-49(47(71)72)15-24(61)32(52-21(2)59)41(80-49)35(66)25(62)16-56/h20,23-28,31-46,56-58,61-62,65-70H,4-19H2,1-3H3,(H,50,63)(H,51,64)(H,52,59)(H,53,60)(H,71,72)(H2,54,55,73)/t20-,23-,24-,25+,26+,27+,28-,31-,32+,33+,34+,35+,36-,37+,38-,39+,40+,41+,42+,43-,44+,45-,46-,49-/m0/s1. The average Bonchev–Trinajstić information content (AvgIpc) is 2.50. The Balaban J connectivity index is 1.09. The van der Waals surface area contributed by atoms with Crippen LogP contribution in [0.15, 0.2) is 0 Å². The van der Waals surface area contributed by atoms with Gasteiger partial charge in [-0.1, -0.05) is 12.8 Å². The van der Waals surface area contributed by atoms with Crippen molar-refractivity contribution in [1.29, 1.82) is 0 Å². The average molecular weight is 1200 g/mol. The van der Waals surface area contributed by atoms with Gasteiger partial charge >= 0.3 is 12.0 Å². The first-order valence-electron chi connectivity index (χ1n) is 27.4. The van der Waals surface area contributed by atoms with Crippen molar-refractivity contribution >= 4 is 47.4 Å². The summed E-state index contributed by atoms with van der Waals surface area (Å²) in [6.07, 6.45) is -31.1. The van der Waals surface area contributed by atoms with Crippen molar-refractivity contribution in [2.75, 3.05) is 45.3 Å². The number of carbonyl (C=O) groups is 6. The fourth-order valence-electron chi connectivity index (χ4n) is 10.7. The van der Waals surface area contributed by atoms with Gasteiger partial charge in [0.2, 0.25) is 23.6 Å². The monoisotopic (exact) mass is 1200 g/mol. The van der Waals surface area contributed by atoms with Crippen molar-refractivity contribution in [3.05, 3.63) is 0 Å². The predicted molar refractivity (Wildman–Crippen MR) is 275 cm³/mol. The molecule has 0 aromatic rings. The van der Waals surface area contributed by atoms with Crippen LogP contribution in [0, 0.1) is 0 Å². The van der Waals surface area contributed by atoms with Gasteiger partial charge in [-0.25, -0.2) is 9.59 Å². The molecule has 0 aliphatic carbocycles. The van der Waals surface area contributed by atoms with Crippen LogP contribution in [-0.4, -0.2) is 288 Å². The van der Waals surface area contributed by atoms with Crippen LogP contribution in [0.25, 0.3) is 0 Å². The van der Waals surface area contributed by atoms with Crippen LogP contribution in [-0.2, 0) is 61.9 Å². The minimum absolute atomic E-state index is 0.0896. The van der Waals surface area contributed by atoms with E-state index in [1.165, 1.54) is 6.92 Å². The van der Waals surface area contributed by atoms with Crippen LogP contribution >= 0.6 is 11.8 Å². The topological polar surface area (TPSA) is 491 Å². The maximum atomic E-state index is 13.1. The highest BCUT2D eigenvalue weighted by Crippen LogP contribution is 2.40. The van der Waals surface area contributed by atoms with Gasteiger partial charge in [0.1, 0.15) is 85.4 Å². The van der Waals surface area contributed by atoms with E-state index >= 15 is 0 Å². The number of aliphatic hydroxyl groups excluding tert-OH is 11. The highest BCUT2D eigenvalue weighted by molar-refractivity contribution is 8.00. The van der Waals surface area contributed by atoms with Crippen LogP contribution in [0.3, 0.4) is 0 Å². The molecule has 6 heterocycles. The minimum atomic E-state index is -3.15. The van der Waals surface area contributed by atoms with E-state index in [0.717, 1.165) is 32.4 Å². The number of ether oxygens (including phenoxy) is 8. The van der Waals surface area contributed by atoms with Gasteiger partial charge in [-0.2, -0.15) is 11.8 Å². The molecule has 6 saturated heterocycles. The molecule has 6 fully saturated rings. The number of unbranched alkanes of at least 4 members (excludes halogenated alkanes) is 3. The molecule has 82 heavy (non-hydrogen) atoms. The molecule has 6 amide bonds. The summed E-state index contributed by atoms with van der Waals surface area (Å²) < 4.78 is 47.6. The van der Waals surface area contributed by atoms with E-state index in [4.69, 9.17) is 37.9 Å². The first kappa shape index (κ1) is 67.3. The fraction of sp³-hybridized carbons (Fsp3) is 0.878. The smallest absolute Gasteiger partial charge is 0.364 e. The van der Waals surface area contributed by atoms with Crippen molar-refractivity contribution in [2.45, 2.75) is 224 Å². The lowest BCUT2D eigenvalue weighted by Gasteiger charge is -2.51. The molecular weight excluding hydrogens is 1120 g/mol. The Bertz CT molecular complexity index is 2120. The van der Waals surface area contributed by atoms with E-state index in [9.17, 15) is 90.0 Å². The molecule has 18 N–H and O–H groups in total. The number of urea groups is 1. The van der Waals surface area contributed by atoms with Gasteiger partial charge in [-0.05, 0) is 32.6 Å². The Morgan fingerprint density at radius 2 is 1.33 bits per heavy atom. The number of carbonyl (C=O) groups excluding carboxylic acids is 5. The van der Waals surface area contributed by atoms with Gasteiger partial charge in [0.15, 0.2) is 18.9 Å². The van der Waals surface area contributed by atoms with E-state index in [-0.39, 0.29) is 56.0 Å². The van der Waals surface area contributed by atoms with Crippen LogP contribution in [0.2, 0.25) is 0 Å². The zero-order chi connectivity index (χ0) is 60.2. The molecule has 24 atom stereocenters. The Kier molecular flexibility index (Phi) is 25.5. The van der Waals surface area contributed by atoms with Crippen LogP contribution in [0.4, 0.5) is 4.79 Å². The normalized spacial score (nSPS) is 39.0. The second-order valence-electron chi connectivity index (χ2n) is 21.3. The van der Waals surface area contributed by atoms with Gasteiger partial charge in [0, 0.05) is 63.8 Å². The second kappa shape index (κ2) is 31.0. The number of rotatable bonds is 29. The molecule has 0 bridgehead atoms. The van der Waals surface area contributed by atoms with Gasteiger partial charge in [-0.15, -0.1) is 0 Å². The number of aliphatic hydroxyl groups is 11. The number of hydrogen-bond donors (Lipinski definition) is 18. The maximum Gasteiger partial charge on any atom is 0.364 e. The number of carboxylic acids is 1. The first-order valence-corrected chi connectivity index (χ1v) is 28.5. The molecule has 470 valence electrons. The number of fused-ring (bicyclic) bond motifs is 1. The summed E-state index contributed by atoms with van der Waals surface area (Å²) in [7, 11) is 0. The zero-order valence-corrected chi connectivity index (χ0v) is 46.4. The van der Waals surface area contributed by atoms with Gasteiger partial charge in [-0.3, -0.25) is 19.2 Å². The molecule has 0 aromatic carbocycles. The summed E-state index contributed by atoms with van der Waals surface area (Å²) in [4.78, 5) is 74.8. The fourth-order valence-corrected chi connectivity index (χ4v) is 12.3. The minimum Gasteiger partial charge on any atom is -0.477 e. The van der Waals surface area contributed by atoms with Crippen molar-refractivity contribution in [2.24, 2.45) is 0 Å². The number of amides is 6. The Morgan fingerprint density at radius 3 is 1.95 bits per heavy atom. The van der Waals surface area contributed by atoms with E-state index in [0.29, 0.717) is 37.4 Å². The number of carboxylic acid groups (broad SMARTS) is 1. The van der Waals surface area contributed by atoms with Crippen molar-refractivity contribution in [3.8, 4) is 0 Å². The highest BCUT2D eigenvalue weighted by Gasteiger charge is 2.61. The number of nitrogens with one attached hydrogen (secondary N) is 6. The van der Waals surface area contributed by atoms with E-state index in [2.05, 4.69) is 31.9 Å². The molecular formula is C49H82N6O26S. The lowest BCUT2D eigenvalue weighted by atomic mass is 9.88. The zero-order valence-electron chi connectivity index (χ0n) is 45.6. The predicted octanol–water partition coefficient (Wildman–Crippen LogP) is -7.68. The van der Waals surface area contributed by atoms with Crippen molar-refractivity contribution < 1.29 is 128 Å². The Hall–Kier alpha value is -3.79. The van der Waals surface area contributed by atoms with Crippen molar-refractivity contribution in [3.63, 3.8) is 0 Å². The lowest BCUT2D eigenvalue weighted by Crippen LogP contribution is -2.71. The molecule has 6 rings (SSSR count). The summed E-state index contributed by atoms with van der Waals surface area (Å²) in [6, 6.07) is -3.03. The van der Waals surface area contributed by atoms with Crippen LogP contribution < -0.4 is 31.9 Å². The third kappa shape index (κ3) is 17.0. The van der Waals surface area contributed by atoms with Crippen LogP contribution in [0.1, 0.15) is 78.6 Å². The van der Waals surface area contributed by atoms with Crippen molar-refractivity contribution in [1.82, 2.24) is 31.9 Å². The third-order valence-electron chi connectivity index (χ3n) is 15.1. The maximum absolute atomic E-state index is 13.1. The molecule has 0 spiro atoms. The summed E-state index contributed by atoms with van der Waals surface area (Å²) >= 11 is 1.81. The van der Waals surface area contributed by atoms with E-state index in [1.807, 2.05) is 11.8 Å². The van der Waals surface area contributed by atoms with E-state index < -0.39 is 172 Å². The summed E-state index contributed by atoms with van der Waals surface area (Å²) in [5.41, 5.74) is 0. The Labute approximate surface area is 475 Å². The highest BCUT2D eigenvalue weighted by atomic mass is 32.2. The van der Waals surface area contributed by atoms with Gasteiger partial charge in [0.25, 0.3) is 5.79 Å². The summed E-state index contributed by atoms with van der Waals surface area (Å²) in [5, 5.41) is 146.